The van der Waals surface area contributed by atoms with E-state index in [0.29, 0.717) is 6.54 Å². The van der Waals surface area contributed by atoms with Crippen LogP contribution < -0.4 is 0 Å². The molecule has 0 N–H and O–H groups in total. The van der Waals surface area contributed by atoms with Crippen LogP contribution in [0.5, 0.6) is 0 Å². The summed E-state index contributed by atoms with van der Waals surface area (Å²) in [4.78, 5) is 2.05. The van der Waals surface area contributed by atoms with Crippen LogP contribution in [0, 0.1) is 0 Å². The largest absolute Gasteiger partial charge is 0.292 e. The fourth-order valence-electron chi connectivity index (χ4n) is 2.82. The first-order chi connectivity index (χ1) is 9.16. The van der Waals surface area contributed by atoms with Crippen molar-refractivity contribution in [3.63, 3.8) is 0 Å². The van der Waals surface area contributed by atoms with Gasteiger partial charge in [-0.3, -0.25) is 4.90 Å². The predicted molar refractivity (Wildman–Crippen MR) is 76.2 cm³/mol. The average molecular weight is 276 g/mol. The Morgan fingerprint density at radius 1 is 1.05 bits per heavy atom. The van der Waals surface area contributed by atoms with E-state index in [1.165, 1.54) is 0 Å². The molecule has 0 amide bonds. The zero-order chi connectivity index (χ0) is 13.4. The molecule has 1 nitrogen and oxygen atoms in total. The Kier molecular flexibility index (Phi) is 3.29. The zero-order valence-electron chi connectivity index (χ0n) is 10.7. The summed E-state index contributed by atoms with van der Waals surface area (Å²) < 4.78 is 14.1. The van der Waals surface area contributed by atoms with Gasteiger partial charge >= 0.3 is 0 Å². The smallest absolute Gasteiger partial charge is 0.138 e. The Hall–Kier alpha value is -1.38. The van der Waals surface area contributed by atoms with Crippen LogP contribution in [0.4, 0.5) is 4.39 Å². The van der Waals surface area contributed by atoms with E-state index >= 15 is 0 Å². The molecule has 0 aliphatic carbocycles. The molecule has 2 atom stereocenters. The van der Waals surface area contributed by atoms with Crippen molar-refractivity contribution in [1.82, 2.24) is 4.90 Å². The minimum Gasteiger partial charge on any atom is -0.292 e. The second-order valence-electron chi connectivity index (χ2n) is 4.99. The van der Waals surface area contributed by atoms with E-state index in [9.17, 15) is 4.39 Å². The van der Waals surface area contributed by atoms with E-state index in [2.05, 4.69) is 4.90 Å². The lowest BCUT2D eigenvalue weighted by Gasteiger charge is -2.36. The van der Waals surface area contributed by atoms with Gasteiger partial charge in [-0.25, -0.2) is 4.39 Å². The highest BCUT2D eigenvalue weighted by molar-refractivity contribution is 6.30. The molecule has 3 rings (SSSR count). The Morgan fingerprint density at radius 2 is 1.68 bits per heavy atom. The molecule has 1 aliphatic rings. The van der Waals surface area contributed by atoms with Crippen LogP contribution in [-0.4, -0.2) is 18.5 Å². The fourth-order valence-corrected chi connectivity index (χ4v) is 2.94. The standard InChI is InChI=1S/C16H15ClFN/c1-19-10-15(18)13-4-2-3-5-14(13)16(19)11-6-8-12(17)9-7-11/h2-9,15-16H,10H2,1H3. The molecular weight excluding hydrogens is 261 g/mol. The highest BCUT2D eigenvalue weighted by Crippen LogP contribution is 2.39. The third-order valence-electron chi connectivity index (χ3n) is 3.70. The van der Waals surface area contributed by atoms with Crippen LogP contribution in [0.25, 0.3) is 0 Å². The normalized spacial score (nSPS) is 23.1. The van der Waals surface area contributed by atoms with Gasteiger partial charge in [0.15, 0.2) is 0 Å². The number of fused-ring (bicyclic) bond motifs is 1. The molecule has 0 saturated heterocycles. The number of likely N-dealkylation sites (N-methyl/N-ethyl adjacent to an activating group) is 1. The number of halogens is 2. The summed E-state index contributed by atoms with van der Waals surface area (Å²) in [6.07, 6.45) is -0.912. The molecule has 2 aromatic carbocycles. The first kappa shape index (κ1) is 12.6. The topological polar surface area (TPSA) is 3.24 Å². The number of rotatable bonds is 1. The van der Waals surface area contributed by atoms with Crippen molar-refractivity contribution < 1.29 is 4.39 Å². The number of hydrogen-bond donors (Lipinski definition) is 0. The third-order valence-corrected chi connectivity index (χ3v) is 3.95. The summed E-state index contributed by atoms with van der Waals surface area (Å²) >= 11 is 5.94. The first-order valence-electron chi connectivity index (χ1n) is 6.35. The number of nitrogens with zero attached hydrogens (tertiary/aromatic N) is 1. The first-order valence-corrected chi connectivity index (χ1v) is 6.73. The molecule has 3 heteroatoms. The van der Waals surface area contributed by atoms with E-state index in [1.807, 2.05) is 55.6 Å². The highest BCUT2D eigenvalue weighted by Gasteiger charge is 2.31. The van der Waals surface area contributed by atoms with Crippen LogP contribution in [0.3, 0.4) is 0 Å². The van der Waals surface area contributed by atoms with E-state index in [1.54, 1.807) is 0 Å². The predicted octanol–water partition coefficient (Wildman–Crippen LogP) is 4.39. The van der Waals surface area contributed by atoms with Crippen molar-refractivity contribution in [1.29, 1.82) is 0 Å². The van der Waals surface area contributed by atoms with Crippen molar-refractivity contribution in [3.8, 4) is 0 Å². The van der Waals surface area contributed by atoms with Gasteiger partial charge in [-0.2, -0.15) is 0 Å². The quantitative estimate of drug-likeness (QED) is 0.746. The molecule has 0 radical (unpaired) electrons. The van der Waals surface area contributed by atoms with Gasteiger partial charge in [0.25, 0.3) is 0 Å². The van der Waals surface area contributed by atoms with E-state index < -0.39 is 6.17 Å². The van der Waals surface area contributed by atoms with E-state index in [0.717, 1.165) is 21.7 Å². The third kappa shape index (κ3) is 2.26. The molecule has 19 heavy (non-hydrogen) atoms. The number of alkyl halides is 1. The van der Waals surface area contributed by atoms with Crippen molar-refractivity contribution in [2.75, 3.05) is 13.6 Å². The van der Waals surface area contributed by atoms with Crippen molar-refractivity contribution >= 4 is 11.6 Å². The Morgan fingerprint density at radius 3 is 2.37 bits per heavy atom. The van der Waals surface area contributed by atoms with Gasteiger partial charge in [0.2, 0.25) is 0 Å². The van der Waals surface area contributed by atoms with Crippen molar-refractivity contribution in [3.05, 3.63) is 70.2 Å². The van der Waals surface area contributed by atoms with Crippen LogP contribution >= 0.6 is 11.6 Å². The van der Waals surface area contributed by atoms with Crippen LogP contribution in [0.2, 0.25) is 5.02 Å². The maximum absolute atomic E-state index is 14.1. The molecule has 1 heterocycles. The van der Waals surface area contributed by atoms with E-state index in [-0.39, 0.29) is 6.04 Å². The maximum atomic E-state index is 14.1. The maximum Gasteiger partial charge on any atom is 0.138 e. The minimum atomic E-state index is -0.912. The lowest BCUT2D eigenvalue weighted by molar-refractivity contribution is 0.170. The second kappa shape index (κ2) is 4.95. The molecule has 2 unspecified atom stereocenters. The summed E-state index contributed by atoms with van der Waals surface area (Å²) in [5, 5.41) is 0.721. The minimum absolute atomic E-state index is 0.0977. The number of benzene rings is 2. The second-order valence-corrected chi connectivity index (χ2v) is 5.43. The van der Waals surface area contributed by atoms with Crippen molar-refractivity contribution in [2.45, 2.75) is 12.2 Å². The monoisotopic (exact) mass is 275 g/mol. The van der Waals surface area contributed by atoms with Crippen LogP contribution in [-0.2, 0) is 0 Å². The van der Waals surface area contributed by atoms with Crippen LogP contribution in [0.15, 0.2) is 48.5 Å². The van der Waals surface area contributed by atoms with E-state index in [4.69, 9.17) is 11.6 Å². The molecule has 0 saturated carbocycles. The van der Waals surface area contributed by atoms with Crippen LogP contribution in [0.1, 0.15) is 28.9 Å². The van der Waals surface area contributed by atoms with Crippen molar-refractivity contribution in [2.24, 2.45) is 0 Å². The summed E-state index contributed by atoms with van der Waals surface area (Å²) in [6.45, 7) is 0.421. The van der Waals surface area contributed by atoms with Gasteiger partial charge in [0.05, 0.1) is 6.04 Å². The molecule has 2 aromatic rings. The summed E-state index contributed by atoms with van der Waals surface area (Å²) in [6, 6.07) is 15.7. The van der Waals surface area contributed by atoms with Gasteiger partial charge < -0.3 is 0 Å². The molecule has 1 aliphatic heterocycles. The molecular formula is C16H15ClFN. The van der Waals surface area contributed by atoms with Gasteiger partial charge in [-0.15, -0.1) is 0 Å². The highest BCUT2D eigenvalue weighted by atomic mass is 35.5. The molecule has 0 spiro atoms. The lowest BCUT2D eigenvalue weighted by Crippen LogP contribution is -2.34. The SMILES string of the molecule is CN1CC(F)c2ccccc2C1c1ccc(Cl)cc1. The molecule has 0 fully saturated rings. The fraction of sp³-hybridized carbons (Fsp3) is 0.250. The van der Waals surface area contributed by atoms with Gasteiger partial charge in [0.1, 0.15) is 6.17 Å². The molecule has 98 valence electrons. The number of hydrogen-bond acceptors (Lipinski definition) is 1. The molecule has 0 aromatic heterocycles. The zero-order valence-corrected chi connectivity index (χ0v) is 11.4. The van der Waals surface area contributed by atoms with Gasteiger partial charge in [-0.05, 0) is 35.9 Å². The Labute approximate surface area is 117 Å². The summed E-state index contributed by atoms with van der Waals surface area (Å²) in [7, 11) is 1.96. The Bertz CT molecular complexity index is 582. The van der Waals surface area contributed by atoms with Gasteiger partial charge in [0, 0.05) is 11.6 Å². The van der Waals surface area contributed by atoms with Gasteiger partial charge in [-0.1, -0.05) is 48.0 Å². The average Bonchev–Trinajstić information content (AvgIpc) is 2.41. The molecule has 0 bridgehead atoms. The summed E-state index contributed by atoms with van der Waals surface area (Å²) in [5.74, 6) is 0. The Balaban J connectivity index is 2.10. The summed E-state index contributed by atoms with van der Waals surface area (Å²) in [5.41, 5.74) is 3.00. The lowest BCUT2D eigenvalue weighted by atomic mass is 9.88.